The molecule has 106 valence electrons. The van der Waals surface area contributed by atoms with Crippen molar-refractivity contribution >= 4 is 5.82 Å². The first kappa shape index (κ1) is 14.3. The van der Waals surface area contributed by atoms with Crippen molar-refractivity contribution in [1.82, 2.24) is 9.88 Å². The van der Waals surface area contributed by atoms with Crippen LogP contribution in [0.1, 0.15) is 20.3 Å². The highest BCUT2D eigenvalue weighted by Crippen LogP contribution is 2.14. The summed E-state index contributed by atoms with van der Waals surface area (Å²) in [6, 6.07) is 6.04. The number of hydrogen-bond donors (Lipinski definition) is 1. The first-order valence-electron chi connectivity index (χ1n) is 7.27. The quantitative estimate of drug-likeness (QED) is 0.876. The fourth-order valence-electron chi connectivity index (χ4n) is 2.42. The number of piperazine rings is 1. The standard InChI is InChI=1S/C15H25N3O/c1-3-13(2)14(19)12-17-8-10-18(11-9-17)15-6-4-5-7-16-15/h4-7,13-14,19H,3,8-12H2,1-2H3. The lowest BCUT2D eigenvalue weighted by Gasteiger charge is -2.36. The van der Waals surface area contributed by atoms with Crippen molar-refractivity contribution in [3.8, 4) is 0 Å². The van der Waals surface area contributed by atoms with Crippen LogP contribution in [0.3, 0.4) is 0 Å². The molecule has 1 fully saturated rings. The first-order chi connectivity index (χ1) is 9.20. The molecule has 2 atom stereocenters. The summed E-state index contributed by atoms with van der Waals surface area (Å²) >= 11 is 0. The van der Waals surface area contributed by atoms with Gasteiger partial charge >= 0.3 is 0 Å². The minimum atomic E-state index is -0.202. The number of rotatable bonds is 5. The Morgan fingerprint density at radius 2 is 2.00 bits per heavy atom. The highest BCUT2D eigenvalue weighted by molar-refractivity contribution is 5.38. The maximum Gasteiger partial charge on any atom is 0.128 e. The molecule has 4 heteroatoms. The number of hydrogen-bond acceptors (Lipinski definition) is 4. The smallest absolute Gasteiger partial charge is 0.128 e. The Kier molecular flexibility index (Phi) is 5.16. The van der Waals surface area contributed by atoms with E-state index in [1.807, 2.05) is 18.3 Å². The van der Waals surface area contributed by atoms with Crippen molar-refractivity contribution in [3.05, 3.63) is 24.4 Å². The molecule has 2 rings (SSSR count). The summed E-state index contributed by atoms with van der Waals surface area (Å²) in [4.78, 5) is 9.06. The summed E-state index contributed by atoms with van der Waals surface area (Å²) in [7, 11) is 0. The average Bonchev–Trinajstić information content (AvgIpc) is 2.48. The molecule has 4 nitrogen and oxygen atoms in total. The largest absolute Gasteiger partial charge is 0.392 e. The molecule has 1 aromatic heterocycles. The molecule has 0 spiro atoms. The lowest BCUT2D eigenvalue weighted by Crippen LogP contribution is -2.49. The van der Waals surface area contributed by atoms with E-state index in [0.717, 1.165) is 45.0 Å². The predicted octanol–water partition coefficient (Wildman–Crippen LogP) is 1.61. The molecule has 0 aliphatic carbocycles. The number of aromatic nitrogens is 1. The molecule has 2 heterocycles. The van der Waals surface area contributed by atoms with E-state index in [4.69, 9.17) is 0 Å². The molecular formula is C15H25N3O. The third-order valence-corrected chi connectivity index (χ3v) is 4.09. The van der Waals surface area contributed by atoms with Crippen LogP contribution >= 0.6 is 0 Å². The number of aliphatic hydroxyl groups excluding tert-OH is 1. The molecule has 1 aliphatic rings. The lowest BCUT2D eigenvalue weighted by molar-refractivity contribution is 0.0663. The van der Waals surface area contributed by atoms with Crippen LogP contribution in [0.15, 0.2) is 24.4 Å². The van der Waals surface area contributed by atoms with E-state index >= 15 is 0 Å². The van der Waals surface area contributed by atoms with Crippen LogP contribution in [0, 0.1) is 5.92 Å². The number of nitrogens with zero attached hydrogens (tertiary/aromatic N) is 3. The molecule has 1 N–H and O–H groups in total. The second-order valence-electron chi connectivity index (χ2n) is 5.43. The SMILES string of the molecule is CCC(C)C(O)CN1CCN(c2ccccn2)CC1. The van der Waals surface area contributed by atoms with Crippen LogP contribution in [0.25, 0.3) is 0 Å². The lowest BCUT2D eigenvalue weighted by atomic mass is 10.0. The third kappa shape index (κ3) is 3.91. The second kappa shape index (κ2) is 6.87. The maximum absolute atomic E-state index is 10.1. The molecule has 1 aromatic rings. The van der Waals surface area contributed by atoms with Gasteiger partial charge in [0.25, 0.3) is 0 Å². The van der Waals surface area contributed by atoms with Crippen LogP contribution in [-0.4, -0.2) is 53.8 Å². The zero-order valence-electron chi connectivity index (χ0n) is 12.0. The Balaban J connectivity index is 1.80. The summed E-state index contributed by atoms with van der Waals surface area (Å²) in [6.45, 7) is 9.04. The Morgan fingerprint density at radius 1 is 1.26 bits per heavy atom. The van der Waals surface area contributed by atoms with E-state index in [9.17, 15) is 5.11 Å². The highest BCUT2D eigenvalue weighted by Gasteiger charge is 2.21. The van der Waals surface area contributed by atoms with Crippen LogP contribution in [-0.2, 0) is 0 Å². The van der Waals surface area contributed by atoms with Gasteiger partial charge in [0.2, 0.25) is 0 Å². The van der Waals surface area contributed by atoms with E-state index in [0.29, 0.717) is 5.92 Å². The summed E-state index contributed by atoms with van der Waals surface area (Å²) in [5.41, 5.74) is 0. The van der Waals surface area contributed by atoms with Gasteiger partial charge in [-0.15, -0.1) is 0 Å². The van der Waals surface area contributed by atoms with Crippen LogP contribution in [0.2, 0.25) is 0 Å². The minimum Gasteiger partial charge on any atom is -0.392 e. The highest BCUT2D eigenvalue weighted by atomic mass is 16.3. The summed E-state index contributed by atoms with van der Waals surface area (Å²) in [5, 5.41) is 10.1. The fraction of sp³-hybridized carbons (Fsp3) is 0.667. The van der Waals surface area contributed by atoms with Gasteiger partial charge in [-0.25, -0.2) is 4.98 Å². The van der Waals surface area contributed by atoms with Gasteiger partial charge in [-0.05, 0) is 18.1 Å². The van der Waals surface area contributed by atoms with Gasteiger partial charge in [-0.1, -0.05) is 26.3 Å². The number of β-amino-alcohol motifs (C(OH)–C–C–N with tert-alkyl or cyclic N) is 1. The van der Waals surface area contributed by atoms with E-state index < -0.39 is 0 Å². The zero-order valence-corrected chi connectivity index (χ0v) is 12.0. The van der Waals surface area contributed by atoms with Gasteiger partial charge in [0.1, 0.15) is 5.82 Å². The molecular weight excluding hydrogens is 238 g/mol. The van der Waals surface area contributed by atoms with E-state index in [1.54, 1.807) is 0 Å². The van der Waals surface area contributed by atoms with Crippen LogP contribution in [0.4, 0.5) is 5.82 Å². The molecule has 0 aromatic carbocycles. The molecule has 1 aliphatic heterocycles. The minimum absolute atomic E-state index is 0.202. The van der Waals surface area contributed by atoms with E-state index in [1.165, 1.54) is 0 Å². The van der Waals surface area contributed by atoms with Crippen LogP contribution in [0.5, 0.6) is 0 Å². The molecule has 1 saturated heterocycles. The first-order valence-corrected chi connectivity index (χ1v) is 7.27. The second-order valence-corrected chi connectivity index (χ2v) is 5.43. The normalized spacial score (nSPS) is 20.3. The molecule has 2 unspecified atom stereocenters. The Morgan fingerprint density at radius 3 is 2.58 bits per heavy atom. The predicted molar refractivity (Wildman–Crippen MR) is 78.4 cm³/mol. The van der Waals surface area contributed by atoms with Crippen molar-refractivity contribution < 1.29 is 5.11 Å². The molecule has 0 radical (unpaired) electrons. The summed E-state index contributed by atoms with van der Waals surface area (Å²) in [5.74, 6) is 1.44. The van der Waals surface area contributed by atoms with Gasteiger partial charge in [0.15, 0.2) is 0 Å². The molecule has 19 heavy (non-hydrogen) atoms. The van der Waals surface area contributed by atoms with Crippen molar-refractivity contribution in [2.45, 2.75) is 26.4 Å². The van der Waals surface area contributed by atoms with Crippen molar-refractivity contribution in [2.24, 2.45) is 5.92 Å². The van der Waals surface area contributed by atoms with E-state index in [2.05, 4.69) is 34.7 Å². The summed E-state index contributed by atoms with van der Waals surface area (Å²) in [6.07, 6.45) is 2.68. The van der Waals surface area contributed by atoms with Crippen molar-refractivity contribution in [3.63, 3.8) is 0 Å². The van der Waals surface area contributed by atoms with Crippen LogP contribution < -0.4 is 4.90 Å². The molecule has 0 amide bonds. The number of pyridine rings is 1. The van der Waals surface area contributed by atoms with Gasteiger partial charge in [-0.3, -0.25) is 4.90 Å². The Hall–Kier alpha value is -1.13. The Bertz CT molecular complexity index is 363. The topological polar surface area (TPSA) is 39.6 Å². The van der Waals surface area contributed by atoms with Crippen molar-refractivity contribution in [1.29, 1.82) is 0 Å². The monoisotopic (exact) mass is 263 g/mol. The van der Waals surface area contributed by atoms with Crippen molar-refractivity contribution in [2.75, 3.05) is 37.6 Å². The zero-order chi connectivity index (χ0) is 13.7. The van der Waals surface area contributed by atoms with Gasteiger partial charge < -0.3 is 10.0 Å². The summed E-state index contributed by atoms with van der Waals surface area (Å²) < 4.78 is 0. The maximum atomic E-state index is 10.1. The fourth-order valence-corrected chi connectivity index (χ4v) is 2.42. The average molecular weight is 263 g/mol. The number of aliphatic hydroxyl groups is 1. The van der Waals surface area contributed by atoms with Gasteiger partial charge in [0.05, 0.1) is 6.10 Å². The molecule has 0 bridgehead atoms. The van der Waals surface area contributed by atoms with E-state index in [-0.39, 0.29) is 6.10 Å². The molecule has 0 saturated carbocycles. The Labute approximate surface area is 116 Å². The van der Waals surface area contributed by atoms with Gasteiger partial charge in [0, 0.05) is 38.9 Å². The van der Waals surface area contributed by atoms with Gasteiger partial charge in [-0.2, -0.15) is 0 Å². The number of anilines is 1. The third-order valence-electron chi connectivity index (χ3n) is 4.09.